The van der Waals surface area contributed by atoms with Crippen LogP contribution < -0.4 is 0 Å². The summed E-state index contributed by atoms with van der Waals surface area (Å²) in [5.74, 6) is 0. The summed E-state index contributed by atoms with van der Waals surface area (Å²) < 4.78 is 0. The zero-order valence-corrected chi connectivity index (χ0v) is 29.0. The monoisotopic (exact) mass is 550 g/mol. The number of nitrogens with zero attached hydrogens (tertiary/aromatic N) is 1. The highest BCUT2D eigenvalue weighted by Crippen LogP contribution is 2.34. The fraction of sp³-hybridized carbons (Fsp3) is 1.00. The highest BCUT2D eigenvalue weighted by Gasteiger charge is 2.36. The molecule has 0 aliphatic carbocycles. The second kappa shape index (κ2) is 26.8. The Kier molecular flexibility index (Phi) is 26.8. The molecule has 1 nitrogen and oxygen atoms in total. The van der Waals surface area contributed by atoms with Crippen molar-refractivity contribution < 1.29 is 0 Å². The molecule has 0 saturated heterocycles. The van der Waals surface area contributed by atoms with Gasteiger partial charge >= 0.3 is 0 Å². The molecule has 0 unspecified atom stereocenters. The van der Waals surface area contributed by atoms with Gasteiger partial charge in [-0.25, -0.2) is 0 Å². The van der Waals surface area contributed by atoms with Crippen LogP contribution >= 0.6 is 0 Å². The molecule has 39 heavy (non-hydrogen) atoms. The van der Waals surface area contributed by atoms with Crippen molar-refractivity contribution in [2.45, 2.75) is 239 Å². The van der Waals surface area contributed by atoms with Gasteiger partial charge < -0.3 is 0 Å². The van der Waals surface area contributed by atoms with E-state index in [1.807, 2.05) is 0 Å². The van der Waals surface area contributed by atoms with Crippen LogP contribution in [-0.4, -0.2) is 22.5 Å². The van der Waals surface area contributed by atoms with Crippen LogP contribution in [0.5, 0.6) is 0 Å². The zero-order valence-electron chi connectivity index (χ0n) is 29.0. The van der Waals surface area contributed by atoms with E-state index in [4.69, 9.17) is 0 Å². The lowest BCUT2D eigenvalue weighted by atomic mass is 9.85. The molecule has 0 fully saturated rings. The molecule has 0 spiro atoms. The minimum atomic E-state index is 0.311. The Bertz CT molecular complexity index is 443. The Hall–Kier alpha value is -0.0400. The third-order valence-corrected chi connectivity index (χ3v) is 9.48. The molecule has 0 aromatic heterocycles. The summed E-state index contributed by atoms with van der Waals surface area (Å²) in [4.78, 5) is 2.96. The molecule has 0 N–H and O–H groups in total. The molecular weight excluding hydrogens is 470 g/mol. The Morgan fingerprint density at radius 2 is 0.538 bits per heavy atom. The van der Waals surface area contributed by atoms with E-state index in [2.05, 4.69) is 53.4 Å². The maximum Gasteiger partial charge on any atom is 0.0158 e. The molecule has 0 bridgehead atoms. The van der Waals surface area contributed by atoms with Gasteiger partial charge in [-0.05, 0) is 53.5 Å². The van der Waals surface area contributed by atoms with Crippen LogP contribution in [0.1, 0.15) is 228 Å². The first-order valence-corrected chi connectivity index (χ1v) is 18.6. The molecular formula is C38H79N. The predicted octanol–water partition coefficient (Wildman–Crippen LogP) is 13.8. The summed E-state index contributed by atoms with van der Waals surface area (Å²) in [5.41, 5.74) is 0.622. The number of rotatable bonds is 31. The summed E-state index contributed by atoms with van der Waals surface area (Å²) in [7, 11) is 0. The van der Waals surface area contributed by atoms with E-state index in [-0.39, 0.29) is 0 Å². The SMILES string of the molecule is CCCCCCCCCCCCC(C)(C)N(CCCCCCCC)C(C)(C)CCCCCCCCCCCC. The third kappa shape index (κ3) is 23.2. The normalized spacial score (nSPS) is 12.6. The lowest BCUT2D eigenvalue weighted by Crippen LogP contribution is -2.55. The summed E-state index contributed by atoms with van der Waals surface area (Å²) >= 11 is 0. The van der Waals surface area contributed by atoms with Gasteiger partial charge in [0, 0.05) is 11.1 Å². The van der Waals surface area contributed by atoms with Crippen LogP contribution in [0.4, 0.5) is 0 Å². The Morgan fingerprint density at radius 3 is 0.821 bits per heavy atom. The molecule has 0 amide bonds. The first-order valence-electron chi connectivity index (χ1n) is 18.6. The van der Waals surface area contributed by atoms with Gasteiger partial charge in [0.25, 0.3) is 0 Å². The van der Waals surface area contributed by atoms with E-state index < -0.39 is 0 Å². The lowest BCUT2D eigenvalue weighted by Gasteiger charge is -2.49. The molecule has 0 heterocycles. The van der Waals surface area contributed by atoms with Crippen molar-refractivity contribution in [3.8, 4) is 0 Å². The predicted molar refractivity (Wildman–Crippen MR) is 181 cm³/mol. The average Bonchev–Trinajstić information content (AvgIpc) is 2.90. The third-order valence-electron chi connectivity index (χ3n) is 9.48. The molecule has 0 saturated carbocycles. The van der Waals surface area contributed by atoms with Gasteiger partial charge in [-0.3, -0.25) is 4.90 Å². The number of hydrogen-bond donors (Lipinski definition) is 0. The zero-order chi connectivity index (χ0) is 29.1. The highest BCUT2D eigenvalue weighted by molar-refractivity contribution is 4.92. The molecule has 236 valence electrons. The Labute approximate surface area is 250 Å². The van der Waals surface area contributed by atoms with E-state index in [1.54, 1.807) is 0 Å². The van der Waals surface area contributed by atoms with Gasteiger partial charge in [0.15, 0.2) is 0 Å². The van der Waals surface area contributed by atoms with Crippen molar-refractivity contribution in [2.24, 2.45) is 0 Å². The van der Waals surface area contributed by atoms with Crippen molar-refractivity contribution >= 4 is 0 Å². The van der Waals surface area contributed by atoms with E-state index in [0.29, 0.717) is 11.1 Å². The Morgan fingerprint density at radius 1 is 0.308 bits per heavy atom. The second-order valence-electron chi connectivity index (χ2n) is 14.4. The van der Waals surface area contributed by atoms with Crippen LogP contribution in [-0.2, 0) is 0 Å². The van der Waals surface area contributed by atoms with Crippen LogP contribution in [0, 0.1) is 0 Å². The molecule has 0 radical (unpaired) electrons. The maximum absolute atomic E-state index is 2.96. The minimum absolute atomic E-state index is 0.311. The molecule has 0 aliphatic heterocycles. The second-order valence-corrected chi connectivity index (χ2v) is 14.4. The van der Waals surface area contributed by atoms with Crippen molar-refractivity contribution in [2.75, 3.05) is 6.54 Å². The maximum atomic E-state index is 2.96. The summed E-state index contributed by atoms with van der Waals surface area (Å²) in [6.07, 6.45) is 39.9. The van der Waals surface area contributed by atoms with E-state index in [9.17, 15) is 0 Å². The first-order chi connectivity index (χ1) is 18.8. The molecule has 0 aromatic rings. The highest BCUT2D eigenvalue weighted by atomic mass is 15.2. The van der Waals surface area contributed by atoms with Crippen molar-refractivity contribution in [3.63, 3.8) is 0 Å². The van der Waals surface area contributed by atoms with Crippen molar-refractivity contribution in [3.05, 3.63) is 0 Å². The van der Waals surface area contributed by atoms with Crippen LogP contribution in [0.15, 0.2) is 0 Å². The van der Waals surface area contributed by atoms with Gasteiger partial charge in [0.2, 0.25) is 0 Å². The largest absolute Gasteiger partial charge is 0.293 e. The number of hydrogen-bond acceptors (Lipinski definition) is 1. The van der Waals surface area contributed by atoms with Gasteiger partial charge in [0.1, 0.15) is 0 Å². The van der Waals surface area contributed by atoms with Gasteiger partial charge in [-0.1, -0.05) is 181 Å². The van der Waals surface area contributed by atoms with E-state index in [1.165, 1.54) is 186 Å². The fourth-order valence-corrected chi connectivity index (χ4v) is 6.83. The first kappa shape index (κ1) is 39.0. The molecule has 0 aliphatic rings. The average molecular weight is 550 g/mol. The standard InChI is InChI=1S/C38H79N/c1-8-11-14-17-20-22-24-26-28-31-34-37(4,5)39(36-33-30-19-16-13-10-3)38(6,7)35-32-29-27-25-23-21-18-15-12-9-2/h8-36H2,1-7H3. The quantitative estimate of drug-likeness (QED) is 0.0777. The molecule has 0 rings (SSSR count). The van der Waals surface area contributed by atoms with Gasteiger partial charge in [-0.15, -0.1) is 0 Å². The molecule has 0 aromatic carbocycles. The molecule has 0 atom stereocenters. The van der Waals surface area contributed by atoms with Gasteiger partial charge in [0.05, 0.1) is 0 Å². The van der Waals surface area contributed by atoms with Crippen LogP contribution in [0.2, 0.25) is 0 Å². The number of unbranched alkanes of at least 4 members (excludes halogenated alkanes) is 23. The Balaban J connectivity index is 4.52. The topological polar surface area (TPSA) is 3.24 Å². The lowest BCUT2D eigenvalue weighted by molar-refractivity contribution is 0.00151. The molecule has 1 heteroatoms. The van der Waals surface area contributed by atoms with Crippen molar-refractivity contribution in [1.29, 1.82) is 0 Å². The fourth-order valence-electron chi connectivity index (χ4n) is 6.83. The van der Waals surface area contributed by atoms with Crippen molar-refractivity contribution in [1.82, 2.24) is 4.90 Å². The van der Waals surface area contributed by atoms with Crippen LogP contribution in [0.25, 0.3) is 0 Å². The summed E-state index contributed by atoms with van der Waals surface area (Å²) in [5, 5.41) is 0. The van der Waals surface area contributed by atoms with E-state index >= 15 is 0 Å². The van der Waals surface area contributed by atoms with Crippen LogP contribution in [0.3, 0.4) is 0 Å². The van der Waals surface area contributed by atoms with Gasteiger partial charge in [-0.2, -0.15) is 0 Å². The van der Waals surface area contributed by atoms with E-state index in [0.717, 1.165) is 0 Å². The summed E-state index contributed by atoms with van der Waals surface area (Å²) in [6.45, 7) is 18.5. The minimum Gasteiger partial charge on any atom is -0.293 e. The summed E-state index contributed by atoms with van der Waals surface area (Å²) in [6, 6.07) is 0. The smallest absolute Gasteiger partial charge is 0.0158 e.